The van der Waals surface area contributed by atoms with Crippen LogP contribution in [0, 0.1) is 0 Å². The minimum Gasteiger partial charge on any atom is -0.465 e. The second-order valence-corrected chi connectivity index (χ2v) is 5.76. The van der Waals surface area contributed by atoms with Gasteiger partial charge in [-0.3, -0.25) is 0 Å². The average Bonchev–Trinajstić information content (AvgIpc) is 2.52. The van der Waals surface area contributed by atoms with Crippen molar-refractivity contribution in [1.29, 1.82) is 0 Å². The number of ether oxygens (including phenoxy) is 2. The lowest BCUT2D eigenvalue weighted by Crippen LogP contribution is -2.25. The number of hydrogen-bond acceptors (Lipinski definition) is 2. The molecule has 1 unspecified atom stereocenters. The van der Waals surface area contributed by atoms with Gasteiger partial charge in [-0.25, -0.2) is 0 Å². The topological polar surface area (TPSA) is 18.5 Å². The monoisotopic (exact) mass is 302 g/mol. The molecule has 0 saturated carbocycles. The Bertz CT molecular complexity index is 574. The quantitative estimate of drug-likeness (QED) is 0.805. The van der Waals surface area contributed by atoms with Crippen LogP contribution in [0.25, 0.3) is 0 Å². The fourth-order valence-corrected chi connectivity index (χ4v) is 2.66. The van der Waals surface area contributed by atoms with Crippen molar-refractivity contribution < 1.29 is 9.47 Å². The van der Waals surface area contributed by atoms with Crippen LogP contribution in [0.2, 0.25) is 5.02 Å². The lowest BCUT2D eigenvalue weighted by Gasteiger charge is -2.24. The molecule has 110 valence electrons. The second kappa shape index (κ2) is 6.97. The zero-order valence-electron chi connectivity index (χ0n) is 11.9. The number of rotatable bonds is 4. The molecule has 1 aliphatic rings. The smallest absolute Gasteiger partial charge is 0.199 e. The zero-order valence-corrected chi connectivity index (χ0v) is 12.7. The Balaban J connectivity index is 1.73. The van der Waals surface area contributed by atoms with Crippen molar-refractivity contribution in [2.45, 2.75) is 32.0 Å². The summed E-state index contributed by atoms with van der Waals surface area (Å²) in [7, 11) is 0. The van der Waals surface area contributed by atoms with E-state index in [1.54, 1.807) is 0 Å². The third-order valence-electron chi connectivity index (χ3n) is 3.68. The van der Waals surface area contributed by atoms with E-state index in [2.05, 4.69) is 18.2 Å². The fraction of sp³-hybridized carbons (Fsp3) is 0.333. The molecule has 21 heavy (non-hydrogen) atoms. The van der Waals surface area contributed by atoms with Crippen LogP contribution in [-0.4, -0.2) is 12.9 Å². The van der Waals surface area contributed by atoms with Gasteiger partial charge in [0.15, 0.2) is 6.29 Å². The van der Waals surface area contributed by atoms with E-state index >= 15 is 0 Å². The van der Waals surface area contributed by atoms with Crippen LogP contribution in [0.4, 0.5) is 0 Å². The maximum absolute atomic E-state index is 6.03. The molecule has 1 atom stereocenters. The summed E-state index contributed by atoms with van der Waals surface area (Å²) >= 11 is 5.93. The van der Waals surface area contributed by atoms with E-state index in [1.807, 2.05) is 30.3 Å². The van der Waals surface area contributed by atoms with Crippen LogP contribution in [-0.2, 0) is 11.2 Å². The minimum atomic E-state index is -0.106. The first kappa shape index (κ1) is 14.4. The molecule has 0 radical (unpaired) electrons. The van der Waals surface area contributed by atoms with Gasteiger partial charge in [0.2, 0.25) is 0 Å². The van der Waals surface area contributed by atoms with Gasteiger partial charge in [0, 0.05) is 17.9 Å². The molecule has 1 saturated heterocycles. The summed E-state index contributed by atoms with van der Waals surface area (Å²) in [5.74, 6) is 0.916. The molecule has 1 fully saturated rings. The third-order valence-corrected chi connectivity index (χ3v) is 3.93. The zero-order chi connectivity index (χ0) is 14.5. The average molecular weight is 303 g/mol. The molecular weight excluding hydrogens is 284 g/mol. The Kier molecular flexibility index (Phi) is 4.79. The molecule has 0 amide bonds. The van der Waals surface area contributed by atoms with Crippen LogP contribution in [0.5, 0.6) is 5.75 Å². The number of hydrogen-bond donors (Lipinski definition) is 0. The van der Waals surface area contributed by atoms with Crippen molar-refractivity contribution >= 4 is 11.6 Å². The maximum Gasteiger partial charge on any atom is 0.199 e. The second-order valence-electron chi connectivity index (χ2n) is 5.32. The van der Waals surface area contributed by atoms with Gasteiger partial charge in [-0.2, -0.15) is 0 Å². The van der Waals surface area contributed by atoms with E-state index in [9.17, 15) is 0 Å². The number of halogens is 1. The molecule has 2 aromatic rings. The van der Waals surface area contributed by atoms with E-state index in [0.29, 0.717) is 0 Å². The summed E-state index contributed by atoms with van der Waals surface area (Å²) in [4.78, 5) is 0. The molecule has 2 aromatic carbocycles. The molecule has 0 spiro atoms. The molecule has 1 aliphatic heterocycles. The van der Waals surface area contributed by atoms with Gasteiger partial charge in [0.1, 0.15) is 5.75 Å². The lowest BCUT2D eigenvalue weighted by atomic mass is 10.0. The lowest BCUT2D eigenvalue weighted by molar-refractivity contribution is -0.106. The summed E-state index contributed by atoms with van der Waals surface area (Å²) in [6, 6.07) is 16.1. The van der Waals surface area contributed by atoms with Gasteiger partial charge >= 0.3 is 0 Å². The van der Waals surface area contributed by atoms with Crippen molar-refractivity contribution in [3.63, 3.8) is 0 Å². The largest absolute Gasteiger partial charge is 0.465 e. The van der Waals surface area contributed by atoms with E-state index in [4.69, 9.17) is 21.1 Å². The SMILES string of the molecule is Clc1ccc(Cc2ccccc2OC2CCCCO2)cc1. The van der Waals surface area contributed by atoms with Crippen molar-refractivity contribution in [2.75, 3.05) is 6.61 Å². The predicted octanol–water partition coefficient (Wildman–Crippen LogP) is 4.84. The molecule has 0 N–H and O–H groups in total. The molecule has 2 nitrogen and oxygen atoms in total. The first-order valence-electron chi connectivity index (χ1n) is 7.42. The fourth-order valence-electron chi connectivity index (χ4n) is 2.53. The summed E-state index contributed by atoms with van der Waals surface area (Å²) in [5, 5.41) is 0.763. The van der Waals surface area contributed by atoms with E-state index in [1.165, 1.54) is 17.5 Å². The highest BCUT2D eigenvalue weighted by molar-refractivity contribution is 6.30. The summed E-state index contributed by atoms with van der Waals surface area (Å²) in [6.07, 6.45) is 4.00. The standard InChI is InChI=1S/C18H19ClO2/c19-16-10-8-14(9-11-16)13-15-5-1-2-6-17(15)21-18-7-3-4-12-20-18/h1-2,5-6,8-11,18H,3-4,7,12-13H2. The summed E-state index contributed by atoms with van der Waals surface area (Å²) in [6.45, 7) is 0.796. The van der Waals surface area contributed by atoms with Gasteiger partial charge in [-0.05, 0) is 42.2 Å². The Hall–Kier alpha value is -1.51. The van der Waals surface area contributed by atoms with Crippen molar-refractivity contribution in [3.05, 3.63) is 64.7 Å². The van der Waals surface area contributed by atoms with Gasteiger partial charge in [0.05, 0.1) is 6.61 Å². The van der Waals surface area contributed by atoms with E-state index in [0.717, 1.165) is 36.6 Å². The van der Waals surface area contributed by atoms with Crippen LogP contribution in [0.15, 0.2) is 48.5 Å². The minimum absolute atomic E-state index is 0.106. The van der Waals surface area contributed by atoms with Gasteiger partial charge in [-0.1, -0.05) is 41.9 Å². The van der Waals surface area contributed by atoms with Crippen molar-refractivity contribution in [3.8, 4) is 5.75 Å². The Morgan fingerprint density at radius 2 is 1.86 bits per heavy atom. The first-order valence-corrected chi connectivity index (χ1v) is 7.80. The first-order chi connectivity index (χ1) is 10.3. The molecule has 3 rings (SSSR count). The van der Waals surface area contributed by atoms with Gasteiger partial charge in [-0.15, -0.1) is 0 Å². The maximum atomic E-state index is 6.03. The molecular formula is C18H19ClO2. The summed E-state index contributed by atoms with van der Waals surface area (Å²) in [5.41, 5.74) is 2.40. The Morgan fingerprint density at radius 1 is 1.05 bits per heavy atom. The number of benzene rings is 2. The van der Waals surface area contributed by atoms with Crippen LogP contribution < -0.4 is 4.74 Å². The number of para-hydroxylation sites is 1. The predicted molar refractivity (Wildman–Crippen MR) is 84.9 cm³/mol. The molecule has 0 aliphatic carbocycles. The summed E-state index contributed by atoms with van der Waals surface area (Å²) < 4.78 is 11.7. The van der Waals surface area contributed by atoms with E-state index < -0.39 is 0 Å². The molecule has 0 aromatic heterocycles. The molecule has 3 heteroatoms. The van der Waals surface area contributed by atoms with Crippen molar-refractivity contribution in [1.82, 2.24) is 0 Å². The highest BCUT2D eigenvalue weighted by Crippen LogP contribution is 2.25. The highest BCUT2D eigenvalue weighted by Gasteiger charge is 2.16. The van der Waals surface area contributed by atoms with Gasteiger partial charge < -0.3 is 9.47 Å². The highest BCUT2D eigenvalue weighted by atomic mass is 35.5. The third kappa shape index (κ3) is 3.99. The van der Waals surface area contributed by atoms with Gasteiger partial charge in [0.25, 0.3) is 0 Å². The Morgan fingerprint density at radius 3 is 2.62 bits per heavy atom. The Labute approximate surface area is 130 Å². The van der Waals surface area contributed by atoms with Crippen LogP contribution in [0.1, 0.15) is 30.4 Å². The normalized spacial score (nSPS) is 18.4. The van der Waals surface area contributed by atoms with Crippen LogP contribution in [0.3, 0.4) is 0 Å². The molecule has 0 bridgehead atoms. The van der Waals surface area contributed by atoms with Crippen LogP contribution >= 0.6 is 11.6 Å². The molecule has 1 heterocycles. The van der Waals surface area contributed by atoms with Crippen molar-refractivity contribution in [2.24, 2.45) is 0 Å². The van der Waals surface area contributed by atoms with E-state index in [-0.39, 0.29) is 6.29 Å².